The van der Waals surface area contributed by atoms with E-state index in [0.717, 1.165) is 0 Å². The van der Waals surface area contributed by atoms with Gasteiger partial charge >= 0.3 is 6.09 Å². The number of nitrogens with two attached hydrogens (primary N) is 3. The Bertz CT molecular complexity index is 1640. The van der Waals surface area contributed by atoms with Gasteiger partial charge < -0.3 is 27.0 Å². The Kier molecular flexibility index (Phi) is 6.90. The van der Waals surface area contributed by atoms with Crippen molar-refractivity contribution in [3.63, 3.8) is 0 Å². The molecule has 1 saturated heterocycles. The molecule has 15 nitrogen and oxygen atoms in total. The fraction of sp³-hybridized carbons (Fsp3) is 0.321. The number of aromatic nitrogens is 4. The zero-order valence-corrected chi connectivity index (χ0v) is 23.7. The maximum Gasteiger partial charge on any atom is 0.412 e. The lowest BCUT2D eigenvalue weighted by atomic mass is 9.94. The number of aryl methyl sites for hydroxylation is 2. The van der Waals surface area contributed by atoms with E-state index in [0.29, 0.717) is 83.3 Å². The van der Waals surface area contributed by atoms with Crippen LogP contribution in [0.4, 0.5) is 22.4 Å². The van der Waals surface area contributed by atoms with Crippen LogP contribution in [0.3, 0.4) is 0 Å². The van der Waals surface area contributed by atoms with Crippen molar-refractivity contribution in [1.82, 2.24) is 29.7 Å². The molecule has 0 bridgehead atoms. The van der Waals surface area contributed by atoms with Crippen molar-refractivity contribution in [1.29, 1.82) is 0 Å². The first-order valence-electron chi connectivity index (χ1n) is 13.7. The van der Waals surface area contributed by atoms with Crippen molar-refractivity contribution in [3.8, 4) is 0 Å². The summed E-state index contributed by atoms with van der Waals surface area (Å²) in [5, 5.41) is 10.5. The third kappa shape index (κ3) is 4.58. The molecule has 2 amide bonds. The quantitative estimate of drug-likeness (QED) is 0.332. The summed E-state index contributed by atoms with van der Waals surface area (Å²) in [7, 11) is 0. The Balaban J connectivity index is 1.73. The van der Waals surface area contributed by atoms with Gasteiger partial charge in [0.2, 0.25) is 23.6 Å². The molecule has 5 heterocycles. The normalized spacial score (nSPS) is 20.7. The average Bonchev–Trinajstić information content (AvgIpc) is 3.42. The van der Waals surface area contributed by atoms with Gasteiger partial charge in [0.05, 0.1) is 24.5 Å². The molecule has 7 N–H and O–H groups in total. The van der Waals surface area contributed by atoms with Crippen LogP contribution < -0.4 is 22.1 Å². The second kappa shape index (κ2) is 10.6. The highest BCUT2D eigenvalue weighted by molar-refractivity contribution is 6.15. The molecule has 3 aliphatic rings. The highest BCUT2D eigenvalue weighted by Gasteiger charge is 2.54. The maximum atomic E-state index is 12.8. The number of carbonyl (C=O) groups excluding carboxylic acids is 1. The number of carbonyl (C=O) groups is 2. The summed E-state index contributed by atoms with van der Waals surface area (Å²) in [5.41, 5.74) is 22.0. The van der Waals surface area contributed by atoms with Gasteiger partial charge in [-0.2, -0.15) is 0 Å². The number of nitrogens with zero attached hydrogens (tertiary/aromatic N) is 8. The Morgan fingerprint density at radius 3 is 2.07 bits per heavy atom. The van der Waals surface area contributed by atoms with E-state index < -0.39 is 17.8 Å². The number of nitrogen functional groups attached to an aromatic ring is 2. The number of amides is 2. The lowest BCUT2D eigenvalue weighted by Gasteiger charge is -2.53. The van der Waals surface area contributed by atoms with Gasteiger partial charge in [0.1, 0.15) is 5.82 Å². The Morgan fingerprint density at radius 1 is 0.930 bits per heavy atom. The van der Waals surface area contributed by atoms with E-state index in [1.54, 1.807) is 38.6 Å². The molecular weight excluding hydrogens is 554 g/mol. The van der Waals surface area contributed by atoms with E-state index in [4.69, 9.17) is 26.9 Å². The molecule has 2 aromatic heterocycles. The zero-order valence-electron chi connectivity index (χ0n) is 23.7. The van der Waals surface area contributed by atoms with Gasteiger partial charge in [0.25, 0.3) is 0 Å². The lowest BCUT2D eigenvalue weighted by Crippen LogP contribution is -2.63. The van der Waals surface area contributed by atoms with Gasteiger partial charge in [0, 0.05) is 66.8 Å². The minimum Gasteiger partial charge on any atom is -0.465 e. The number of morpholine rings is 1. The van der Waals surface area contributed by atoms with Crippen LogP contribution >= 0.6 is 0 Å². The van der Waals surface area contributed by atoms with E-state index in [1.165, 1.54) is 4.90 Å². The second-order valence-electron chi connectivity index (χ2n) is 10.5. The SMILES string of the molecule is Cc1cc(N2C3=C(CCN3C(=O)O)C(c3cnc(N)nc3)=NC2(c2cnc(N)nc2)N2CCOCC2)cc(C)c1C(N)=O. The molecule has 0 spiro atoms. The molecule has 0 aliphatic carbocycles. The largest absolute Gasteiger partial charge is 0.465 e. The Morgan fingerprint density at radius 2 is 1.51 bits per heavy atom. The number of hydrogen-bond acceptors (Lipinski definition) is 12. The molecule has 43 heavy (non-hydrogen) atoms. The summed E-state index contributed by atoms with van der Waals surface area (Å²) in [4.78, 5) is 52.9. The van der Waals surface area contributed by atoms with Gasteiger partial charge in [-0.1, -0.05) is 0 Å². The van der Waals surface area contributed by atoms with Crippen molar-refractivity contribution in [3.05, 3.63) is 76.1 Å². The Labute approximate surface area is 246 Å². The number of ether oxygens (including phenoxy) is 1. The molecule has 3 aliphatic heterocycles. The Hall–Kier alpha value is -5.15. The van der Waals surface area contributed by atoms with Crippen molar-refractivity contribution in [2.24, 2.45) is 10.7 Å². The fourth-order valence-corrected chi connectivity index (χ4v) is 6.13. The van der Waals surface area contributed by atoms with Crippen LogP contribution in [0.25, 0.3) is 0 Å². The molecule has 222 valence electrons. The van der Waals surface area contributed by atoms with Crippen molar-refractivity contribution >= 4 is 35.3 Å². The van der Waals surface area contributed by atoms with E-state index >= 15 is 0 Å². The topological polar surface area (TPSA) is 215 Å². The zero-order chi connectivity index (χ0) is 30.5. The fourth-order valence-electron chi connectivity index (χ4n) is 6.13. The summed E-state index contributed by atoms with van der Waals surface area (Å²) >= 11 is 0. The number of hydrogen-bond donors (Lipinski definition) is 4. The highest BCUT2D eigenvalue weighted by atomic mass is 16.5. The highest BCUT2D eigenvalue weighted by Crippen LogP contribution is 2.49. The monoisotopic (exact) mass is 585 g/mol. The third-order valence-corrected chi connectivity index (χ3v) is 7.90. The molecule has 1 unspecified atom stereocenters. The number of rotatable bonds is 5. The molecule has 3 aromatic rings. The first kappa shape index (κ1) is 28.0. The molecule has 15 heteroatoms. The predicted octanol–water partition coefficient (Wildman–Crippen LogP) is 1.19. The molecular formula is C28H31N11O4. The molecule has 1 atom stereocenters. The summed E-state index contributed by atoms with van der Waals surface area (Å²) in [6.45, 7) is 5.50. The number of primary amides is 1. The van der Waals surface area contributed by atoms with E-state index in [2.05, 4.69) is 24.8 Å². The standard InChI is InChI=1S/C28H31N11O4/c1-15-9-19(10-16(2)21(15)23(29)40)39-24-20(3-4-38(24)27(41)42)22(17-11-32-25(30)33-12-17)36-28(39,37-5-7-43-8-6-37)18-13-34-26(31)35-14-18/h9-14H,3-8H2,1-2H3,(H2,29,40)(H,41,42)(H2,30,32,33)(H2,31,34,35). The van der Waals surface area contributed by atoms with E-state index in [9.17, 15) is 14.7 Å². The predicted molar refractivity (Wildman–Crippen MR) is 157 cm³/mol. The van der Waals surface area contributed by atoms with Gasteiger partial charge in [-0.3, -0.25) is 19.5 Å². The van der Waals surface area contributed by atoms with Crippen molar-refractivity contribution in [2.45, 2.75) is 26.1 Å². The van der Waals surface area contributed by atoms with Crippen LogP contribution in [-0.4, -0.2) is 85.4 Å². The number of benzene rings is 1. The van der Waals surface area contributed by atoms with Crippen LogP contribution in [0, 0.1) is 13.8 Å². The van der Waals surface area contributed by atoms with Crippen LogP contribution in [0.2, 0.25) is 0 Å². The summed E-state index contributed by atoms with van der Waals surface area (Å²) in [6, 6.07) is 3.63. The lowest BCUT2D eigenvalue weighted by molar-refractivity contribution is -0.0236. The molecule has 0 saturated carbocycles. The minimum atomic E-state index is -1.42. The van der Waals surface area contributed by atoms with E-state index in [-0.39, 0.29) is 18.4 Å². The summed E-state index contributed by atoms with van der Waals surface area (Å²) < 4.78 is 5.72. The first-order chi connectivity index (χ1) is 20.6. The van der Waals surface area contributed by atoms with Crippen molar-refractivity contribution < 1.29 is 19.4 Å². The minimum absolute atomic E-state index is 0.0739. The van der Waals surface area contributed by atoms with E-state index in [1.807, 2.05) is 17.0 Å². The van der Waals surface area contributed by atoms with Crippen LogP contribution in [0.15, 0.2) is 53.3 Å². The number of anilines is 3. The number of aliphatic imine (C=N–C) groups is 1. The molecule has 1 aromatic carbocycles. The summed E-state index contributed by atoms with van der Waals surface area (Å²) in [5.74, 6) is -1.39. The van der Waals surface area contributed by atoms with Crippen LogP contribution in [0.5, 0.6) is 0 Å². The van der Waals surface area contributed by atoms with Crippen LogP contribution in [0.1, 0.15) is 39.0 Å². The summed E-state index contributed by atoms with van der Waals surface area (Å²) in [6.07, 6.45) is 5.59. The maximum absolute atomic E-state index is 12.8. The third-order valence-electron chi connectivity index (χ3n) is 7.90. The number of carboxylic acid groups (broad SMARTS) is 1. The smallest absolute Gasteiger partial charge is 0.412 e. The molecule has 6 rings (SSSR count). The van der Waals surface area contributed by atoms with Gasteiger partial charge in [-0.05, 0) is 43.5 Å². The molecule has 0 radical (unpaired) electrons. The molecule has 1 fully saturated rings. The van der Waals surface area contributed by atoms with Crippen molar-refractivity contribution in [2.75, 3.05) is 49.2 Å². The van der Waals surface area contributed by atoms with Gasteiger partial charge in [-0.25, -0.2) is 29.7 Å². The average molecular weight is 586 g/mol. The van der Waals surface area contributed by atoms with Gasteiger partial charge in [0.15, 0.2) is 0 Å². The van der Waals surface area contributed by atoms with Gasteiger partial charge in [-0.15, -0.1) is 0 Å². The second-order valence-corrected chi connectivity index (χ2v) is 10.5. The van der Waals surface area contributed by atoms with Crippen LogP contribution in [-0.2, 0) is 10.5 Å². The first-order valence-corrected chi connectivity index (χ1v) is 13.7.